The summed E-state index contributed by atoms with van der Waals surface area (Å²) in [6.07, 6.45) is 0.715. The Morgan fingerprint density at radius 1 is 1.33 bits per heavy atom. The van der Waals surface area contributed by atoms with Crippen molar-refractivity contribution < 1.29 is 9.90 Å². The highest BCUT2D eigenvalue weighted by molar-refractivity contribution is 9.10. The number of nitrogens with one attached hydrogen (secondary N) is 1. The number of aliphatic hydroxyl groups is 1. The highest BCUT2D eigenvalue weighted by Gasteiger charge is 2.15. The molecule has 1 aromatic rings. The molecule has 0 bridgehead atoms. The molecule has 1 amide bonds. The first-order valence-electron chi connectivity index (χ1n) is 6.18. The summed E-state index contributed by atoms with van der Waals surface area (Å²) in [5.74, 6) is 0.178. The molecule has 18 heavy (non-hydrogen) atoms. The summed E-state index contributed by atoms with van der Waals surface area (Å²) in [7, 11) is 0. The fraction of sp³-hybridized carbons (Fsp3) is 0.500. The topological polar surface area (TPSA) is 49.3 Å². The van der Waals surface area contributed by atoms with E-state index in [-0.39, 0.29) is 18.4 Å². The zero-order chi connectivity index (χ0) is 13.5. The van der Waals surface area contributed by atoms with Gasteiger partial charge in [0.25, 0.3) is 0 Å². The van der Waals surface area contributed by atoms with E-state index in [2.05, 4.69) is 21.2 Å². The van der Waals surface area contributed by atoms with E-state index >= 15 is 0 Å². The van der Waals surface area contributed by atoms with Crippen molar-refractivity contribution in [1.29, 1.82) is 0 Å². The Kier molecular flexibility index (Phi) is 6.36. The van der Waals surface area contributed by atoms with E-state index in [4.69, 9.17) is 5.11 Å². The van der Waals surface area contributed by atoms with Gasteiger partial charge in [-0.1, -0.05) is 35.0 Å². The summed E-state index contributed by atoms with van der Waals surface area (Å²) in [5, 5.41) is 11.7. The molecule has 0 radical (unpaired) electrons. The number of hydrogen-bond acceptors (Lipinski definition) is 2. The van der Waals surface area contributed by atoms with E-state index in [0.29, 0.717) is 18.9 Å². The molecule has 3 nitrogen and oxygen atoms in total. The lowest BCUT2D eigenvalue weighted by Crippen LogP contribution is -2.32. The smallest absolute Gasteiger partial charge is 0.227 e. The highest BCUT2D eigenvalue weighted by atomic mass is 79.9. The van der Waals surface area contributed by atoms with Crippen LogP contribution in [0.3, 0.4) is 0 Å². The maximum atomic E-state index is 12.0. The molecule has 0 unspecified atom stereocenters. The summed E-state index contributed by atoms with van der Waals surface area (Å²) in [6, 6.07) is 7.78. The normalized spacial score (nSPS) is 14.0. The molecule has 0 aliphatic heterocycles. The van der Waals surface area contributed by atoms with Gasteiger partial charge in [-0.2, -0.15) is 0 Å². The van der Waals surface area contributed by atoms with E-state index in [1.54, 1.807) is 0 Å². The largest absolute Gasteiger partial charge is 0.396 e. The van der Waals surface area contributed by atoms with Crippen LogP contribution >= 0.6 is 15.9 Å². The molecule has 2 atom stereocenters. The van der Waals surface area contributed by atoms with Gasteiger partial charge in [0.15, 0.2) is 0 Å². The number of carbonyl (C=O) groups is 1. The van der Waals surface area contributed by atoms with Crippen molar-refractivity contribution >= 4 is 21.8 Å². The molecular formula is C14H20BrNO2. The minimum atomic E-state index is -0.153. The molecule has 4 heteroatoms. The third-order valence-corrected chi connectivity index (χ3v) is 3.54. The van der Waals surface area contributed by atoms with Gasteiger partial charge < -0.3 is 10.4 Å². The van der Waals surface area contributed by atoms with Crippen LogP contribution in [0.5, 0.6) is 0 Å². The van der Waals surface area contributed by atoms with E-state index in [1.807, 2.05) is 38.1 Å². The van der Waals surface area contributed by atoms with Crippen LogP contribution < -0.4 is 5.32 Å². The van der Waals surface area contributed by atoms with Crippen molar-refractivity contribution in [3.63, 3.8) is 0 Å². The molecule has 2 N–H and O–H groups in total. The van der Waals surface area contributed by atoms with Crippen molar-refractivity contribution in [3.05, 3.63) is 34.3 Å². The Labute approximate surface area is 117 Å². The number of hydrogen-bond donors (Lipinski definition) is 2. The van der Waals surface area contributed by atoms with E-state index in [9.17, 15) is 4.79 Å². The summed E-state index contributed by atoms with van der Waals surface area (Å²) < 4.78 is 1.01. The van der Waals surface area contributed by atoms with Crippen LogP contribution in [-0.2, 0) is 4.79 Å². The number of aliphatic hydroxyl groups excluding tert-OH is 1. The monoisotopic (exact) mass is 313 g/mol. The number of carbonyl (C=O) groups excluding carboxylic acids is 1. The van der Waals surface area contributed by atoms with Crippen molar-refractivity contribution in [3.8, 4) is 0 Å². The van der Waals surface area contributed by atoms with Crippen LogP contribution in [0.15, 0.2) is 28.7 Å². The van der Waals surface area contributed by atoms with Crippen LogP contribution in [0.2, 0.25) is 0 Å². The maximum absolute atomic E-state index is 12.0. The molecule has 0 saturated carbocycles. The molecule has 0 heterocycles. The van der Waals surface area contributed by atoms with Crippen molar-refractivity contribution in [2.24, 2.45) is 5.92 Å². The highest BCUT2D eigenvalue weighted by Crippen LogP contribution is 2.18. The van der Waals surface area contributed by atoms with E-state index < -0.39 is 0 Å². The average molecular weight is 314 g/mol. The number of rotatable bonds is 6. The second-order valence-electron chi connectivity index (χ2n) is 4.64. The SMILES string of the molecule is C[C@H](CCO)CNC(=O)[C@H](C)c1ccc(Br)cc1. The predicted octanol–water partition coefficient (Wildman–Crippen LogP) is 2.69. The summed E-state index contributed by atoms with van der Waals surface area (Å²) in [4.78, 5) is 12.0. The molecule has 0 saturated heterocycles. The third kappa shape index (κ3) is 4.78. The molecule has 0 aliphatic carbocycles. The van der Waals surface area contributed by atoms with Gasteiger partial charge in [0.05, 0.1) is 5.92 Å². The summed E-state index contributed by atoms with van der Waals surface area (Å²) >= 11 is 3.37. The molecule has 0 fully saturated rings. The lowest BCUT2D eigenvalue weighted by molar-refractivity contribution is -0.122. The molecule has 0 spiro atoms. The first kappa shape index (κ1) is 15.2. The Morgan fingerprint density at radius 3 is 2.50 bits per heavy atom. The lowest BCUT2D eigenvalue weighted by Gasteiger charge is -2.15. The summed E-state index contributed by atoms with van der Waals surface area (Å²) in [5.41, 5.74) is 1.01. The zero-order valence-corrected chi connectivity index (χ0v) is 12.4. The first-order chi connectivity index (χ1) is 8.54. The zero-order valence-electron chi connectivity index (χ0n) is 10.8. The van der Waals surface area contributed by atoms with E-state index in [1.165, 1.54) is 0 Å². The second kappa shape index (κ2) is 7.54. The lowest BCUT2D eigenvalue weighted by atomic mass is 10.00. The summed E-state index contributed by atoms with van der Waals surface area (Å²) in [6.45, 7) is 4.69. The van der Waals surface area contributed by atoms with Gasteiger partial charge in [-0.15, -0.1) is 0 Å². The Morgan fingerprint density at radius 2 is 1.94 bits per heavy atom. The quantitative estimate of drug-likeness (QED) is 0.848. The number of halogens is 1. The maximum Gasteiger partial charge on any atom is 0.227 e. The van der Waals surface area contributed by atoms with Crippen molar-refractivity contribution in [2.45, 2.75) is 26.2 Å². The average Bonchev–Trinajstić information content (AvgIpc) is 2.36. The van der Waals surface area contributed by atoms with Gasteiger partial charge in [0.1, 0.15) is 0 Å². The molecule has 0 aromatic heterocycles. The number of benzene rings is 1. The Balaban J connectivity index is 2.48. The molecule has 100 valence electrons. The predicted molar refractivity (Wildman–Crippen MR) is 76.4 cm³/mol. The van der Waals surface area contributed by atoms with Gasteiger partial charge >= 0.3 is 0 Å². The molecule has 1 aromatic carbocycles. The molecular weight excluding hydrogens is 294 g/mol. The van der Waals surface area contributed by atoms with Gasteiger partial charge in [0, 0.05) is 17.6 Å². The van der Waals surface area contributed by atoms with Crippen molar-refractivity contribution in [1.82, 2.24) is 5.32 Å². The second-order valence-corrected chi connectivity index (χ2v) is 5.55. The fourth-order valence-corrected chi connectivity index (χ4v) is 1.92. The van der Waals surface area contributed by atoms with Gasteiger partial charge in [0.2, 0.25) is 5.91 Å². The van der Waals surface area contributed by atoms with Crippen LogP contribution in [0.1, 0.15) is 31.7 Å². The molecule has 0 aliphatic rings. The van der Waals surface area contributed by atoms with Gasteiger partial charge in [-0.3, -0.25) is 4.79 Å². The minimum absolute atomic E-state index is 0.0297. The standard InChI is InChI=1S/C14H20BrNO2/c1-10(7-8-17)9-16-14(18)11(2)12-3-5-13(15)6-4-12/h3-6,10-11,17H,7-9H2,1-2H3,(H,16,18)/t10-,11-/m1/s1. The van der Waals surface area contributed by atoms with E-state index in [0.717, 1.165) is 10.0 Å². The van der Waals surface area contributed by atoms with Crippen molar-refractivity contribution in [2.75, 3.05) is 13.2 Å². The third-order valence-electron chi connectivity index (χ3n) is 3.01. The fourth-order valence-electron chi connectivity index (χ4n) is 1.65. The van der Waals surface area contributed by atoms with Crippen LogP contribution in [0, 0.1) is 5.92 Å². The molecule has 1 rings (SSSR count). The van der Waals surface area contributed by atoms with Gasteiger partial charge in [-0.25, -0.2) is 0 Å². The first-order valence-corrected chi connectivity index (χ1v) is 6.98. The van der Waals surface area contributed by atoms with Crippen LogP contribution in [0.4, 0.5) is 0 Å². The Bertz CT molecular complexity index is 378. The number of amides is 1. The van der Waals surface area contributed by atoms with Gasteiger partial charge in [-0.05, 0) is 37.0 Å². The van der Waals surface area contributed by atoms with Crippen LogP contribution in [-0.4, -0.2) is 24.2 Å². The Hall–Kier alpha value is -0.870. The minimum Gasteiger partial charge on any atom is -0.396 e. The van der Waals surface area contributed by atoms with Crippen LogP contribution in [0.25, 0.3) is 0 Å².